The lowest BCUT2D eigenvalue weighted by Gasteiger charge is -2.33. The lowest BCUT2D eigenvalue weighted by Crippen LogP contribution is -2.38. The van der Waals surface area contributed by atoms with Crippen molar-refractivity contribution < 1.29 is 28.7 Å². The molecule has 6 nitrogen and oxygen atoms in total. The fourth-order valence-corrected chi connectivity index (χ4v) is 9.97. The molecule has 4 aliphatic rings. The SMILES string of the molecule is C=CC1CC1(CC(=O)C1CC(Oc2cc(C3=CCC(CC(C)=O)=C3)cc3c(C)cc(C)cc23)CC1C(=O)C(CC(=O)CC1CCCC1)C(C)(C)C)C(C)=O. The molecule has 6 atom stereocenters. The van der Waals surface area contributed by atoms with Crippen LogP contribution in [0.2, 0.25) is 0 Å². The minimum absolute atomic E-state index is 0.00440. The van der Waals surface area contributed by atoms with Gasteiger partial charge in [-0.2, -0.15) is 0 Å². The molecule has 0 spiro atoms. The summed E-state index contributed by atoms with van der Waals surface area (Å²) in [5.41, 5.74) is 4.17. The topological polar surface area (TPSA) is 94.6 Å². The number of rotatable bonds is 16. The number of aryl methyl sites for hydroxylation is 2. The van der Waals surface area contributed by atoms with Crippen molar-refractivity contribution in [3.63, 3.8) is 0 Å². The number of hydrogen-bond acceptors (Lipinski definition) is 6. The van der Waals surface area contributed by atoms with E-state index in [4.69, 9.17) is 4.74 Å². The third-order valence-corrected chi connectivity index (χ3v) is 13.1. The van der Waals surface area contributed by atoms with Crippen LogP contribution in [0.25, 0.3) is 16.3 Å². The number of allylic oxidation sites excluding steroid dienone is 5. The summed E-state index contributed by atoms with van der Waals surface area (Å²) < 4.78 is 6.97. The Morgan fingerprint density at radius 2 is 1.67 bits per heavy atom. The molecule has 0 radical (unpaired) electrons. The number of benzene rings is 2. The quantitative estimate of drug-likeness (QED) is 0.160. The maximum Gasteiger partial charge on any atom is 0.140 e. The van der Waals surface area contributed by atoms with Gasteiger partial charge in [-0.15, -0.1) is 6.58 Å². The largest absolute Gasteiger partial charge is 0.490 e. The Balaban J connectivity index is 1.33. The zero-order valence-corrected chi connectivity index (χ0v) is 33.6. The first-order valence-electron chi connectivity index (χ1n) is 20.3. The van der Waals surface area contributed by atoms with Crippen molar-refractivity contribution in [1.29, 1.82) is 0 Å². The molecule has 3 fully saturated rings. The molecule has 6 rings (SSSR count). The molecule has 288 valence electrons. The Morgan fingerprint density at radius 1 is 0.963 bits per heavy atom. The van der Waals surface area contributed by atoms with Crippen LogP contribution in [-0.2, 0) is 24.0 Å². The second-order valence-corrected chi connectivity index (χ2v) is 18.4. The summed E-state index contributed by atoms with van der Waals surface area (Å²) in [6, 6.07) is 8.55. The molecule has 0 aromatic heterocycles. The predicted molar refractivity (Wildman–Crippen MR) is 215 cm³/mol. The molecule has 3 saturated carbocycles. The van der Waals surface area contributed by atoms with Crippen LogP contribution in [0.3, 0.4) is 0 Å². The Bertz CT molecular complexity index is 1930. The van der Waals surface area contributed by atoms with E-state index >= 15 is 0 Å². The van der Waals surface area contributed by atoms with Crippen molar-refractivity contribution >= 4 is 45.3 Å². The zero-order chi connectivity index (χ0) is 39.1. The van der Waals surface area contributed by atoms with Gasteiger partial charge >= 0.3 is 0 Å². The van der Waals surface area contributed by atoms with Crippen LogP contribution >= 0.6 is 0 Å². The van der Waals surface area contributed by atoms with Gasteiger partial charge in [-0.1, -0.05) is 81.9 Å². The van der Waals surface area contributed by atoms with Crippen LogP contribution in [0.5, 0.6) is 5.75 Å². The first-order chi connectivity index (χ1) is 25.5. The summed E-state index contributed by atoms with van der Waals surface area (Å²) in [5.74, 6) is -0.463. The van der Waals surface area contributed by atoms with E-state index in [0.717, 1.165) is 70.7 Å². The average molecular weight is 733 g/mol. The molecule has 0 aliphatic heterocycles. The first-order valence-corrected chi connectivity index (χ1v) is 20.3. The highest BCUT2D eigenvalue weighted by molar-refractivity contribution is 5.98. The predicted octanol–water partition coefficient (Wildman–Crippen LogP) is 10.4. The molecule has 2 aromatic rings. The molecule has 0 amide bonds. The highest BCUT2D eigenvalue weighted by atomic mass is 16.5. The first kappa shape index (κ1) is 39.8. The maximum atomic E-state index is 14.9. The summed E-state index contributed by atoms with van der Waals surface area (Å²) in [7, 11) is 0. The van der Waals surface area contributed by atoms with E-state index in [2.05, 4.69) is 56.8 Å². The Labute approximate surface area is 322 Å². The molecule has 0 N–H and O–H groups in total. The lowest BCUT2D eigenvalue weighted by molar-refractivity contribution is -0.139. The van der Waals surface area contributed by atoms with Gasteiger partial charge in [0.15, 0.2) is 0 Å². The minimum Gasteiger partial charge on any atom is -0.490 e. The highest BCUT2D eigenvalue weighted by Crippen LogP contribution is 2.58. The second-order valence-electron chi connectivity index (χ2n) is 18.4. The summed E-state index contributed by atoms with van der Waals surface area (Å²) >= 11 is 0. The van der Waals surface area contributed by atoms with Gasteiger partial charge in [0, 0.05) is 54.2 Å². The lowest BCUT2D eigenvalue weighted by atomic mass is 9.69. The fraction of sp³-hybridized carbons (Fsp3) is 0.562. The van der Waals surface area contributed by atoms with E-state index in [0.29, 0.717) is 43.8 Å². The third-order valence-electron chi connectivity index (χ3n) is 13.1. The number of carbonyl (C=O) groups is 5. The molecular formula is C48H60O6. The summed E-state index contributed by atoms with van der Waals surface area (Å²) in [4.78, 5) is 67.6. The van der Waals surface area contributed by atoms with Crippen molar-refractivity contribution in [3.05, 3.63) is 71.3 Å². The molecule has 6 heteroatoms. The number of Topliss-reactive ketones (excluding diaryl/α,β-unsaturated/α-hetero) is 5. The van der Waals surface area contributed by atoms with E-state index in [-0.39, 0.29) is 47.7 Å². The van der Waals surface area contributed by atoms with Gasteiger partial charge in [0.25, 0.3) is 0 Å². The van der Waals surface area contributed by atoms with Gasteiger partial charge in [0.2, 0.25) is 0 Å². The molecule has 4 aliphatic carbocycles. The maximum absolute atomic E-state index is 14.9. The number of carbonyl (C=O) groups excluding carboxylic acids is 5. The van der Waals surface area contributed by atoms with Crippen molar-refractivity contribution in [3.8, 4) is 5.75 Å². The second kappa shape index (κ2) is 15.7. The monoisotopic (exact) mass is 732 g/mol. The van der Waals surface area contributed by atoms with Crippen LogP contribution in [0.1, 0.15) is 128 Å². The molecule has 0 bridgehead atoms. The Morgan fingerprint density at radius 3 is 2.30 bits per heavy atom. The molecule has 54 heavy (non-hydrogen) atoms. The van der Waals surface area contributed by atoms with Crippen molar-refractivity contribution in [2.75, 3.05) is 0 Å². The van der Waals surface area contributed by atoms with E-state index in [1.54, 1.807) is 19.9 Å². The van der Waals surface area contributed by atoms with Gasteiger partial charge in [-0.3, -0.25) is 24.0 Å². The van der Waals surface area contributed by atoms with Gasteiger partial charge < -0.3 is 4.74 Å². The standard InChI is InChI=1S/C48H60O6/c1-9-36-26-48(36,31(5)50)27-44(52)40-24-38(25-42(40)46(53)43(47(6,7)8)23-37(51)20-32-12-10-11-13-32)54-45-22-35(34-15-14-33(19-34)18-30(4)49)21-39-29(3)16-28(2)17-41(39)45/h9,15-17,19,21-22,32,36,38,40,42-43H,1,10-14,18,20,23-27H2,2-8H3. The number of hydrogen-bond donors (Lipinski definition) is 0. The van der Waals surface area contributed by atoms with Crippen LogP contribution in [-0.4, -0.2) is 35.0 Å². The number of fused-ring (bicyclic) bond motifs is 1. The molecule has 6 unspecified atom stereocenters. The summed E-state index contributed by atoms with van der Waals surface area (Å²) in [6.45, 7) is 17.3. The van der Waals surface area contributed by atoms with Crippen LogP contribution in [0, 0.1) is 54.3 Å². The molecule has 0 heterocycles. The van der Waals surface area contributed by atoms with Gasteiger partial charge in [0.1, 0.15) is 40.8 Å². The Kier molecular flexibility index (Phi) is 11.5. The van der Waals surface area contributed by atoms with E-state index in [9.17, 15) is 24.0 Å². The van der Waals surface area contributed by atoms with Crippen molar-refractivity contribution in [2.45, 2.75) is 132 Å². The molecule has 2 aromatic carbocycles. The highest BCUT2D eigenvalue weighted by Gasteiger charge is 2.59. The normalized spacial score (nSPS) is 26.0. The van der Waals surface area contributed by atoms with Crippen molar-refractivity contribution in [2.24, 2.45) is 40.4 Å². The van der Waals surface area contributed by atoms with Crippen molar-refractivity contribution in [1.82, 2.24) is 0 Å². The van der Waals surface area contributed by atoms with Crippen LogP contribution < -0.4 is 4.74 Å². The zero-order valence-electron chi connectivity index (χ0n) is 33.6. The fourth-order valence-electron chi connectivity index (χ4n) is 9.97. The van der Waals surface area contributed by atoms with Crippen LogP contribution in [0.15, 0.2) is 54.6 Å². The molecule has 0 saturated heterocycles. The third kappa shape index (κ3) is 8.48. The van der Waals surface area contributed by atoms with Gasteiger partial charge in [0.05, 0.1) is 0 Å². The summed E-state index contributed by atoms with van der Waals surface area (Å²) in [6.07, 6.45) is 13.4. The van der Waals surface area contributed by atoms with Crippen LogP contribution in [0.4, 0.5) is 0 Å². The van der Waals surface area contributed by atoms with E-state index in [1.807, 2.05) is 20.8 Å². The van der Waals surface area contributed by atoms with E-state index in [1.165, 1.54) is 0 Å². The summed E-state index contributed by atoms with van der Waals surface area (Å²) in [5, 5.41) is 2.05. The average Bonchev–Trinajstić information content (AvgIpc) is 3.50. The van der Waals surface area contributed by atoms with Gasteiger partial charge in [-0.05, 0) is 111 Å². The smallest absolute Gasteiger partial charge is 0.140 e. The number of ether oxygens (including phenoxy) is 1. The minimum atomic E-state index is -0.741. The molecular weight excluding hydrogens is 673 g/mol. The Hall–Kier alpha value is -3.93. The van der Waals surface area contributed by atoms with E-state index < -0.39 is 34.7 Å². The number of ketones is 5. The van der Waals surface area contributed by atoms with Gasteiger partial charge in [-0.25, -0.2) is 0 Å².